The molecule has 154 valence electrons. The van der Waals surface area contributed by atoms with Crippen LogP contribution in [0.25, 0.3) is 22.1 Å². The number of nitrogens with one attached hydrogen (secondary N) is 2. The molecule has 4 aromatic heterocycles. The second-order valence-electron chi connectivity index (χ2n) is 6.90. The van der Waals surface area contributed by atoms with E-state index in [-0.39, 0.29) is 11.6 Å². The van der Waals surface area contributed by atoms with Crippen LogP contribution in [-0.2, 0) is 13.1 Å². The zero-order valence-electron chi connectivity index (χ0n) is 16.1. The molecule has 0 aliphatic rings. The van der Waals surface area contributed by atoms with Crippen molar-refractivity contribution in [2.45, 2.75) is 13.1 Å². The second kappa shape index (κ2) is 7.65. The van der Waals surface area contributed by atoms with Gasteiger partial charge in [0.25, 0.3) is 5.91 Å². The number of aromatic nitrogens is 7. The van der Waals surface area contributed by atoms with Gasteiger partial charge >= 0.3 is 0 Å². The summed E-state index contributed by atoms with van der Waals surface area (Å²) in [7, 11) is 0. The van der Waals surface area contributed by atoms with Crippen LogP contribution in [0.2, 0.25) is 5.02 Å². The number of anilines is 1. The number of halogens is 1. The van der Waals surface area contributed by atoms with Crippen LogP contribution in [0.5, 0.6) is 0 Å². The molecule has 0 aliphatic carbocycles. The van der Waals surface area contributed by atoms with Crippen LogP contribution in [0.4, 0.5) is 5.82 Å². The molecule has 0 radical (unpaired) electrons. The van der Waals surface area contributed by atoms with Gasteiger partial charge in [0.1, 0.15) is 17.5 Å². The first-order chi connectivity index (χ1) is 15.1. The second-order valence-corrected chi connectivity index (χ2v) is 7.34. The topological polar surface area (TPSA) is 140 Å². The van der Waals surface area contributed by atoms with E-state index in [1.165, 1.54) is 24.9 Å². The predicted molar refractivity (Wildman–Crippen MR) is 115 cm³/mol. The van der Waals surface area contributed by atoms with Gasteiger partial charge in [0.15, 0.2) is 11.5 Å². The van der Waals surface area contributed by atoms with Gasteiger partial charge in [0.2, 0.25) is 0 Å². The molecule has 0 bridgehead atoms. The standard InChI is InChI=1S/C20H16ClN9O/c21-13-3-11-5-14(6-25-20(31)15-7-23-1-2-24-15)29-16(11)12(4-13)8-30-10-28-17-18(22)26-9-27-19(17)30/h1-5,7,9-10,29H,6,8H2,(H,25,31)(H2,22,26,27). The summed E-state index contributed by atoms with van der Waals surface area (Å²) in [6.45, 7) is 0.787. The molecule has 31 heavy (non-hydrogen) atoms. The van der Waals surface area contributed by atoms with Crippen LogP contribution in [0.1, 0.15) is 21.7 Å². The number of nitrogens with two attached hydrogens (primary N) is 1. The Morgan fingerprint density at radius 2 is 2.06 bits per heavy atom. The third-order valence-corrected chi connectivity index (χ3v) is 5.05. The number of nitrogen functional groups attached to an aromatic ring is 1. The average molecular weight is 434 g/mol. The largest absolute Gasteiger partial charge is 0.382 e. The quantitative estimate of drug-likeness (QED) is 0.386. The smallest absolute Gasteiger partial charge is 0.271 e. The molecule has 11 heteroatoms. The van der Waals surface area contributed by atoms with Gasteiger partial charge in [-0.2, -0.15) is 0 Å². The maximum atomic E-state index is 12.2. The number of fused-ring (bicyclic) bond motifs is 2. The number of H-pyrrole nitrogens is 1. The fourth-order valence-electron chi connectivity index (χ4n) is 3.44. The van der Waals surface area contributed by atoms with E-state index in [0.717, 1.165) is 22.2 Å². The highest BCUT2D eigenvalue weighted by atomic mass is 35.5. The van der Waals surface area contributed by atoms with Gasteiger partial charge in [-0.1, -0.05) is 11.6 Å². The van der Waals surface area contributed by atoms with Crippen molar-refractivity contribution >= 4 is 45.4 Å². The number of carbonyl (C=O) groups is 1. The van der Waals surface area contributed by atoms with E-state index >= 15 is 0 Å². The van der Waals surface area contributed by atoms with E-state index in [9.17, 15) is 4.79 Å². The number of nitrogens with zero attached hydrogens (tertiary/aromatic N) is 6. The fraction of sp³-hybridized carbons (Fsp3) is 0.100. The number of aromatic amines is 1. The third kappa shape index (κ3) is 3.64. The summed E-state index contributed by atoms with van der Waals surface area (Å²) >= 11 is 6.35. The van der Waals surface area contributed by atoms with Gasteiger partial charge < -0.3 is 20.6 Å². The average Bonchev–Trinajstić information content (AvgIpc) is 3.37. The Bertz CT molecular complexity index is 1410. The van der Waals surface area contributed by atoms with Gasteiger partial charge in [0, 0.05) is 28.5 Å². The minimum atomic E-state index is -0.299. The number of imidazole rings is 1. The van der Waals surface area contributed by atoms with Gasteiger partial charge in [-0.3, -0.25) is 9.78 Å². The normalized spacial score (nSPS) is 11.3. The lowest BCUT2D eigenvalue weighted by Crippen LogP contribution is -2.24. The number of benzene rings is 1. The predicted octanol–water partition coefficient (Wildman–Crippen LogP) is 2.31. The van der Waals surface area contributed by atoms with E-state index in [1.807, 2.05) is 22.8 Å². The van der Waals surface area contributed by atoms with Crippen LogP contribution < -0.4 is 11.1 Å². The van der Waals surface area contributed by atoms with Crippen LogP contribution >= 0.6 is 11.6 Å². The Kier molecular flexibility index (Phi) is 4.68. The first-order valence-electron chi connectivity index (χ1n) is 9.34. The van der Waals surface area contributed by atoms with Gasteiger partial charge in [-0.25, -0.2) is 19.9 Å². The number of rotatable bonds is 5. The Labute approximate surface area is 180 Å². The van der Waals surface area contributed by atoms with Crippen molar-refractivity contribution in [2.24, 2.45) is 0 Å². The molecule has 0 saturated carbocycles. The molecule has 0 aliphatic heterocycles. The Balaban J connectivity index is 1.43. The van der Waals surface area contributed by atoms with Gasteiger partial charge in [0.05, 0.1) is 31.1 Å². The molecule has 0 fully saturated rings. The number of hydrogen-bond acceptors (Lipinski definition) is 7. The van der Waals surface area contributed by atoms with Gasteiger partial charge in [-0.05, 0) is 23.8 Å². The zero-order chi connectivity index (χ0) is 21.4. The number of carbonyl (C=O) groups excluding carboxylic acids is 1. The Morgan fingerprint density at radius 3 is 2.90 bits per heavy atom. The van der Waals surface area contributed by atoms with Crippen molar-refractivity contribution in [1.29, 1.82) is 0 Å². The lowest BCUT2D eigenvalue weighted by molar-refractivity contribution is 0.0945. The molecule has 0 spiro atoms. The maximum absolute atomic E-state index is 12.2. The molecule has 10 nitrogen and oxygen atoms in total. The van der Waals surface area contributed by atoms with Crippen molar-refractivity contribution in [1.82, 2.24) is 39.8 Å². The van der Waals surface area contributed by atoms with Crippen molar-refractivity contribution in [2.75, 3.05) is 5.73 Å². The highest BCUT2D eigenvalue weighted by Crippen LogP contribution is 2.26. The Morgan fingerprint density at radius 1 is 1.16 bits per heavy atom. The number of amides is 1. The van der Waals surface area contributed by atoms with Crippen molar-refractivity contribution in [3.05, 3.63) is 71.4 Å². The van der Waals surface area contributed by atoms with Gasteiger partial charge in [-0.15, -0.1) is 0 Å². The minimum absolute atomic E-state index is 0.260. The minimum Gasteiger partial charge on any atom is -0.382 e. The monoisotopic (exact) mass is 433 g/mol. The molecule has 1 amide bonds. The molecule has 5 rings (SSSR count). The van der Waals surface area contributed by atoms with Crippen LogP contribution in [-0.4, -0.2) is 40.4 Å². The maximum Gasteiger partial charge on any atom is 0.271 e. The van der Waals surface area contributed by atoms with E-state index in [2.05, 4.69) is 35.2 Å². The van der Waals surface area contributed by atoms with E-state index in [0.29, 0.717) is 35.1 Å². The summed E-state index contributed by atoms with van der Waals surface area (Å²) in [5.41, 5.74) is 10.0. The SMILES string of the molecule is Nc1ncnc2c1ncn2Cc1cc(Cl)cc2cc(CNC(=O)c3cnccn3)[nH]c12. The molecular weight excluding hydrogens is 418 g/mol. The Hall–Kier alpha value is -4.05. The molecule has 5 aromatic rings. The van der Waals surface area contributed by atoms with Crippen LogP contribution in [0.3, 0.4) is 0 Å². The lowest BCUT2D eigenvalue weighted by atomic mass is 10.1. The molecule has 4 N–H and O–H groups in total. The first-order valence-corrected chi connectivity index (χ1v) is 9.72. The highest BCUT2D eigenvalue weighted by molar-refractivity contribution is 6.31. The summed E-state index contributed by atoms with van der Waals surface area (Å²) in [5.74, 6) is 0.0353. The molecule has 1 aromatic carbocycles. The third-order valence-electron chi connectivity index (χ3n) is 4.84. The van der Waals surface area contributed by atoms with Crippen molar-refractivity contribution in [3.8, 4) is 0 Å². The molecular formula is C20H16ClN9O. The summed E-state index contributed by atoms with van der Waals surface area (Å²) in [4.78, 5) is 36.1. The zero-order valence-corrected chi connectivity index (χ0v) is 16.8. The van der Waals surface area contributed by atoms with E-state index in [4.69, 9.17) is 17.3 Å². The fourth-order valence-corrected chi connectivity index (χ4v) is 3.69. The summed E-state index contributed by atoms with van der Waals surface area (Å²) in [5, 5.41) is 4.38. The summed E-state index contributed by atoms with van der Waals surface area (Å²) < 4.78 is 1.88. The molecule has 0 unspecified atom stereocenters. The molecule has 4 heterocycles. The van der Waals surface area contributed by atoms with Crippen LogP contribution in [0, 0.1) is 0 Å². The first kappa shape index (κ1) is 18.9. The van der Waals surface area contributed by atoms with Crippen molar-refractivity contribution in [3.63, 3.8) is 0 Å². The molecule has 0 saturated heterocycles. The number of hydrogen-bond donors (Lipinski definition) is 3. The summed E-state index contributed by atoms with van der Waals surface area (Å²) in [6, 6.07) is 5.71. The highest BCUT2D eigenvalue weighted by Gasteiger charge is 2.13. The van der Waals surface area contributed by atoms with Crippen LogP contribution in [0.15, 0.2) is 49.4 Å². The van der Waals surface area contributed by atoms with Crippen molar-refractivity contribution < 1.29 is 4.79 Å². The van der Waals surface area contributed by atoms with E-state index < -0.39 is 0 Å². The van der Waals surface area contributed by atoms with E-state index in [1.54, 1.807) is 6.33 Å². The summed E-state index contributed by atoms with van der Waals surface area (Å²) in [6.07, 6.45) is 7.50. The lowest BCUT2D eigenvalue weighted by Gasteiger charge is -2.07. The molecule has 0 atom stereocenters.